The van der Waals surface area contributed by atoms with Crippen LogP contribution in [0.3, 0.4) is 0 Å². The van der Waals surface area contributed by atoms with E-state index in [1.807, 2.05) is 13.8 Å². The molecule has 1 atom stereocenters. The van der Waals surface area contributed by atoms with Gasteiger partial charge in [0, 0.05) is 4.47 Å². The van der Waals surface area contributed by atoms with Gasteiger partial charge in [-0.2, -0.15) is 8.42 Å². The summed E-state index contributed by atoms with van der Waals surface area (Å²) >= 11 is 3.40. The van der Waals surface area contributed by atoms with Crippen LogP contribution in [0.2, 0.25) is 0 Å². The minimum absolute atomic E-state index is 0.440. The summed E-state index contributed by atoms with van der Waals surface area (Å²) < 4.78 is 32.8. The van der Waals surface area contributed by atoms with Crippen molar-refractivity contribution in [2.24, 2.45) is 0 Å². The lowest BCUT2D eigenvalue weighted by Crippen LogP contribution is -2.21. The summed E-state index contributed by atoms with van der Waals surface area (Å²) in [6, 6.07) is 3.37. The highest BCUT2D eigenvalue weighted by atomic mass is 79.9. The van der Waals surface area contributed by atoms with Crippen molar-refractivity contribution >= 4 is 32.0 Å². The molecule has 0 aliphatic rings. The lowest BCUT2D eigenvalue weighted by molar-refractivity contribution is -0.149. The molecule has 7 heteroatoms. The molecule has 0 saturated heterocycles. The molecule has 0 spiro atoms. The zero-order valence-corrected chi connectivity index (χ0v) is 13.5. The minimum Gasteiger partial charge on any atom is -0.467 e. The molecule has 106 valence electrons. The number of esters is 1. The van der Waals surface area contributed by atoms with Crippen LogP contribution in [0.25, 0.3) is 0 Å². The third-order valence-corrected chi connectivity index (χ3v) is 4.24. The zero-order valence-electron chi connectivity index (χ0n) is 11.1. The predicted molar refractivity (Wildman–Crippen MR) is 74.3 cm³/mol. The molecule has 0 radical (unpaired) electrons. The second-order valence-electron chi connectivity index (χ2n) is 4.17. The third-order valence-electron chi connectivity index (χ3n) is 2.45. The molecule has 1 rings (SSSR count). The molecular weight excluding hydrogens is 336 g/mol. The van der Waals surface area contributed by atoms with Crippen molar-refractivity contribution in [1.29, 1.82) is 0 Å². The lowest BCUT2D eigenvalue weighted by Gasteiger charge is -2.16. The fraction of sp³-hybridized carbons (Fsp3) is 0.417. The number of carbonyl (C=O) groups is 1. The number of benzene rings is 1. The van der Waals surface area contributed by atoms with Crippen molar-refractivity contribution in [3.05, 3.63) is 33.3 Å². The summed E-state index contributed by atoms with van der Waals surface area (Å²) in [6.07, 6.45) is -0.396. The van der Waals surface area contributed by atoms with Crippen molar-refractivity contribution in [3.63, 3.8) is 0 Å². The molecule has 1 unspecified atom stereocenters. The van der Waals surface area contributed by atoms with E-state index in [9.17, 15) is 13.2 Å². The molecule has 0 heterocycles. The van der Waals surface area contributed by atoms with Crippen LogP contribution in [0.1, 0.15) is 22.8 Å². The van der Waals surface area contributed by atoms with Gasteiger partial charge in [0.1, 0.15) is 0 Å². The van der Waals surface area contributed by atoms with Gasteiger partial charge >= 0.3 is 5.97 Å². The highest BCUT2D eigenvalue weighted by Gasteiger charge is 2.27. The van der Waals surface area contributed by atoms with Gasteiger partial charge < -0.3 is 4.74 Å². The number of methoxy groups -OCH3 is 1. The van der Waals surface area contributed by atoms with E-state index in [4.69, 9.17) is 4.18 Å². The number of hydrogen-bond acceptors (Lipinski definition) is 5. The van der Waals surface area contributed by atoms with Crippen molar-refractivity contribution < 1.29 is 22.1 Å². The maximum absolute atomic E-state index is 11.7. The second kappa shape index (κ2) is 6.02. The van der Waals surface area contributed by atoms with E-state index in [1.54, 1.807) is 12.1 Å². The Morgan fingerprint density at radius 1 is 1.26 bits per heavy atom. The third kappa shape index (κ3) is 4.29. The summed E-state index contributed by atoms with van der Waals surface area (Å²) in [5.74, 6) is -0.758. The average molecular weight is 351 g/mol. The fourth-order valence-corrected chi connectivity index (χ4v) is 2.41. The Hall–Kier alpha value is -0.920. The van der Waals surface area contributed by atoms with Crippen molar-refractivity contribution in [3.8, 4) is 0 Å². The topological polar surface area (TPSA) is 69.7 Å². The summed E-state index contributed by atoms with van der Waals surface area (Å²) in [4.78, 5) is 11.7. The first-order chi connectivity index (χ1) is 8.65. The van der Waals surface area contributed by atoms with E-state index in [1.165, 1.54) is 7.11 Å². The molecule has 1 aromatic carbocycles. The smallest absolute Gasteiger partial charge is 0.341 e. The van der Waals surface area contributed by atoms with Gasteiger partial charge in [0.2, 0.25) is 0 Å². The monoisotopic (exact) mass is 350 g/mol. The Balaban J connectivity index is 3.29. The number of carbonyl (C=O) groups excluding carboxylic acids is 1. The Kier molecular flexibility index (Phi) is 5.11. The van der Waals surface area contributed by atoms with Crippen LogP contribution < -0.4 is 0 Å². The molecule has 0 N–H and O–H groups in total. The summed E-state index contributed by atoms with van der Waals surface area (Å²) in [5, 5.41) is 0. The van der Waals surface area contributed by atoms with Crippen molar-refractivity contribution in [2.75, 3.05) is 13.4 Å². The normalized spacial score (nSPS) is 13.1. The molecule has 0 saturated carbocycles. The Bertz CT molecular complexity index is 571. The van der Waals surface area contributed by atoms with E-state index in [0.717, 1.165) is 21.9 Å². The first-order valence-electron chi connectivity index (χ1n) is 5.38. The summed E-state index contributed by atoms with van der Waals surface area (Å²) in [7, 11) is -2.59. The first-order valence-corrected chi connectivity index (χ1v) is 7.99. The molecular formula is C12H15BrO5S. The first kappa shape index (κ1) is 16.1. The highest BCUT2D eigenvalue weighted by molar-refractivity contribution is 9.10. The van der Waals surface area contributed by atoms with Crippen LogP contribution in [-0.4, -0.2) is 27.8 Å². The molecule has 5 nitrogen and oxygen atoms in total. The molecule has 0 aliphatic carbocycles. The van der Waals surface area contributed by atoms with Crippen LogP contribution in [0.15, 0.2) is 16.6 Å². The van der Waals surface area contributed by atoms with Crippen LogP contribution in [0.5, 0.6) is 0 Å². The summed E-state index contributed by atoms with van der Waals surface area (Å²) in [5.41, 5.74) is 2.19. The summed E-state index contributed by atoms with van der Waals surface area (Å²) in [6.45, 7) is 3.69. The van der Waals surface area contributed by atoms with Crippen LogP contribution in [0, 0.1) is 13.8 Å². The van der Waals surface area contributed by atoms with Crippen LogP contribution in [-0.2, 0) is 23.8 Å². The van der Waals surface area contributed by atoms with Crippen LogP contribution >= 0.6 is 15.9 Å². The molecule has 0 amide bonds. The van der Waals surface area contributed by atoms with E-state index in [2.05, 4.69) is 20.7 Å². The van der Waals surface area contributed by atoms with Gasteiger partial charge in [-0.1, -0.05) is 28.1 Å². The van der Waals surface area contributed by atoms with Gasteiger partial charge in [0.05, 0.1) is 13.4 Å². The number of hydrogen-bond donors (Lipinski definition) is 0. The standard InChI is InChI=1S/C12H15BrO5S/c1-7-5-9(6-8(2)10(7)13)11(12(14)17-3)18-19(4,15)16/h5-6,11H,1-4H3. The van der Waals surface area contributed by atoms with E-state index in [0.29, 0.717) is 5.56 Å². The largest absolute Gasteiger partial charge is 0.467 e. The lowest BCUT2D eigenvalue weighted by atomic mass is 10.0. The van der Waals surface area contributed by atoms with E-state index < -0.39 is 22.2 Å². The molecule has 19 heavy (non-hydrogen) atoms. The fourth-order valence-electron chi connectivity index (χ4n) is 1.64. The molecule has 0 aromatic heterocycles. The van der Waals surface area contributed by atoms with E-state index >= 15 is 0 Å². The van der Waals surface area contributed by atoms with Crippen LogP contribution in [0.4, 0.5) is 0 Å². The van der Waals surface area contributed by atoms with E-state index in [-0.39, 0.29) is 0 Å². The van der Waals surface area contributed by atoms with Gasteiger partial charge in [-0.3, -0.25) is 4.18 Å². The maximum atomic E-state index is 11.7. The average Bonchev–Trinajstić information content (AvgIpc) is 2.30. The number of aryl methyl sites for hydroxylation is 2. The highest BCUT2D eigenvalue weighted by Crippen LogP contribution is 2.28. The zero-order chi connectivity index (χ0) is 14.8. The quantitative estimate of drug-likeness (QED) is 0.615. The minimum atomic E-state index is -3.77. The number of ether oxygens (including phenoxy) is 1. The Morgan fingerprint density at radius 3 is 2.11 bits per heavy atom. The molecule has 0 fully saturated rings. The van der Waals surface area contributed by atoms with Crippen molar-refractivity contribution in [1.82, 2.24) is 0 Å². The molecule has 0 aliphatic heterocycles. The number of rotatable bonds is 4. The van der Waals surface area contributed by atoms with Crippen molar-refractivity contribution in [2.45, 2.75) is 20.0 Å². The molecule has 1 aromatic rings. The molecule has 0 bridgehead atoms. The van der Waals surface area contributed by atoms with Gasteiger partial charge in [-0.15, -0.1) is 0 Å². The maximum Gasteiger partial charge on any atom is 0.341 e. The van der Waals surface area contributed by atoms with Gasteiger partial charge in [-0.05, 0) is 30.5 Å². The van der Waals surface area contributed by atoms with Gasteiger partial charge in [0.25, 0.3) is 10.1 Å². The SMILES string of the molecule is COC(=O)C(OS(C)(=O)=O)c1cc(C)c(Br)c(C)c1. The Labute approximate surface area is 121 Å². The second-order valence-corrected chi connectivity index (χ2v) is 6.57. The Morgan fingerprint density at radius 2 is 1.74 bits per heavy atom. The predicted octanol–water partition coefficient (Wildman–Crippen LogP) is 2.26. The van der Waals surface area contributed by atoms with Gasteiger partial charge in [0.15, 0.2) is 6.10 Å². The number of halogens is 1. The van der Waals surface area contributed by atoms with Gasteiger partial charge in [-0.25, -0.2) is 4.79 Å².